The first-order valence-corrected chi connectivity index (χ1v) is 5.66. The van der Waals surface area contributed by atoms with Crippen molar-refractivity contribution >= 4 is 0 Å². The molecular weight excluding hydrogens is 205 g/mol. The van der Waals surface area contributed by atoms with E-state index in [1.165, 1.54) is 0 Å². The van der Waals surface area contributed by atoms with E-state index in [1.807, 2.05) is 19.9 Å². The van der Waals surface area contributed by atoms with Gasteiger partial charge in [0.25, 0.3) is 0 Å². The van der Waals surface area contributed by atoms with Gasteiger partial charge in [-0.25, -0.2) is 4.39 Å². The predicted octanol–water partition coefficient (Wildman–Crippen LogP) is 2.82. The van der Waals surface area contributed by atoms with Gasteiger partial charge >= 0.3 is 0 Å². The maximum absolute atomic E-state index is 13.3. The molecular formula is C13H20FNO. The highest BCUT2D eigenvalue weighted by atomic mass is 19.1. The maximum atomic E-state index is 13.3. The van der Waals surface area contributed by atoms with Gasteiger partial charge in [-0.1, -0.05) is 13.0 Å². The second-order valence-corrected chi connectivity index (χ2v) is 3.95. The number of benzene rings is 1. The summed E-state index contributed by atoms with van der Waals surface area (Å²) in [5.41, 5.74) is 1.95. The monoisotopic (exact) mass is 225 g/mol. The van der Waals surface area contributed by atoms with Gasteiger partial charge in [0.2, 0.25) is 0 Å². The minimum absolute atomic E-state index is 0.166. The molecule has 1 atom stereocenters. The van der Waals surface area contributed by atoms with Crippen molar-refractivity contribution in [3.63, 3.8) is 0 Å². The molecule has 1 N–H and O–H groups in total. The van der Waals surface area contributed by atoms with E-state index in [9.17, 15) is 4.39 Å². The molecule has 0 radical (unpaired) electrons. The summed E-state index contributed by atoms with van der Waals surface area (Å²) >= 11 is 0. The molecule has 1 aromatic carbocycles. The van der Waals surface area contributed by atoms with Crippen LogP contribution in [0.25, 0.3) is 0 Å². The third kappa shape index (κ3) is 3.91. The Morgan fingerprint density at radius 1 is 1.38 bits per heavy atom. The van der Waals surface area contributed by atoms with Gasteiger partial charge in [0.15, 0.2) is 0 Å². The van der Waals surface area contributed by atoms with Crippen LogP contribution in [0.2, 0.25) is 0 Å². The van der Waals surface area contributed by atoms with Crippen LogP contribution in [0.15, 0.2) is 18.2 Å². The Labute approximate surface area is 96.8 Å². The molecule has 2 nitrogen and oxygen atoms in total. The zero-order valence-corrected chi connectivity index (χ0v) is 10.2. The lowest BCUT2D eigenvalue weighted by Crippen LogP contribution is -2.22. The Hall–Kier alpha value is -0.930. The SMILES string of the molecule is CCNC(CCOC)c1cc(C)cc(F)c1. The molecule has 1 aromatic rings. The summed E-state index contributed by atoms with van der Waals surface area (Å²) in [5, 5.41) is 3.34. The summed E-state index contributed by atoms with van der Waals surface area (Å²) in [5.74, 6) is -0.171. The van der Waals surface area contributed by atoms with Crippen molar-refractivity contribution in [1.29, 1.82) is 0 Å². The molecule has 1 unspecified atom stereocenters. The molecule has 0 aliphatic rings. The Kier molecular flexibility index (Phi) is 5.43. The largest absolute Gasteiger partial charge is 0.385 e. The topological polar surface area (TPSA) is 21.3 Å². The van der Waals surface area contributed by atoms with Crippen molar-refractivity contribution in [2.45, 2.75) is 26.3 Å². The number of hydrogen-bond donors (Lipinski definition) is 1. The fourth-order valence-electron chi connectivity index (χ4n) is 1.83. The van der Waals surface area contributed by atoms with E-state index in [0.717, 1.165) is 24.1 Å². The maximum Gasteiger partial charge on any atom is 0.123 e. The van der Waals surface area contributed by atoms with Crippen molar-refractivity contribution in [2.75, 3.05) is 20.3 Å². The van der Waals surface area contributed by atoms with Crippen LogP contribution in [0.3, 0.4) is 0 Å². The molecule has 1 rings (SSSR count). The van der Waals surface area contributed by atoms with Crippen molar-refractivity contribution in [1.82, 2.24) is 5.32 Å². The van der Waals surface area contributed by atoms with E-state index < -0.39 is 0 Å². The summed E-state index contributed by atoms with van der Waals surface area (Å²) < 4.78 is 18.4. The van der Waals surface area contributed by atoms with Crippen molar-refractivity contribution in [3.05, 3.63) is 35.1 Å². The first-order valence-electron chi connectivity index (χ1n) is 5.66. The molecule has 0 aromatic heterocycles. The summed E-state index contributed by atoms with van der Waals surface area (Å²) in [4.78, 5) is 0. The first-order chi connectivity index (χ1) is 7.67. The normalized spacial score (nSPS) is 12.8. The van der Waals surface area contributed by atoms with E-state index in [4.69, 9.17) is 4.74 Å². The standard InChI is InChI=1S/C13H20FNO/c1-4-15-13(5-6-16-3)11-7-10(2)8-12(14)9-11/h7-9,13,15H,4-6H2,1-3H3. The lowest BCUT2D eigenvalue weighted by molar-refractivity contribution is 0.183. The highest BCUT2D eigenvalue weighted by molar-refractivity contribution is 5.26. The van der Waals surface area contributed by atoms with E-state index in [2.05, 4.69) is 5.32 Å². The third-order valence-electron chi connectivity index (χ3n) is 2.53. The molecule has 0 heterocycles. The molecule has 0 saturated heterocycles. The third-order valence-corrected chi connectivity index (χ3v) is 2.53. The van der Waals surface area contributed by atoms with Crippen molar-refractivity contribution < 1.29 is 9.13 Å². The van der Waals surface area contributed by atoms with Crippen molar-refractivity contribution in [2.24, 2.45) is 0 Å². The second kappa shape index (κ2) is 6.61. The summed E-state index contributed by atoms with van der Waals surface area (Å²) in [7, 11) is 1.68. The van der Waals surface area contributed by atoms with E-state index >= 15 is 0 Å². The van der Waals surface area contributed by atoms with E-state index in [-0.39, 0.29) is 11.9 Å². The highest BCUT2D eigenvalue weighted by Gasteiger charge is 2.11. The van der Waals surface area contributed by atoms with Crippen LogP contribution in [0.4, 0.5) is 4.39 Å². The van der Waals surface area contributed by atoms with Gasteiger partial charge in [0.05, 0.1) is 0 Å². The first kappa shape index (κ1) is 13.1. The number of halogens is 1. The summed E-state index contributed by atoms with van der Waals surface area (Å²) in [6.07, 6.45) is 0.854. The number of methoxy groups -OCH3 is 1. The molecule has 16 heavy (non-hydrogen) atoms. The Bertz CT molecular complexity index is 307. The number of hydrogen-bond acceptors (Lipinski definition) is 2. The quantitative estimate of drug-likeness (QED) is 0.803. The molecule has 0 saturated carbocycles. The second-order valence-electron chi connectivity index (χ2n) is 3.95. The van der Waals surface area contributed by atoms with E-state index in [0.29, 0.717) is 6.61 Å². The Morgan fingerprint density at radius 2 is 2.12 bits per heavy atom. The lowest BCUT2D eigenvalue weighted by Gasteiger charge is -2.18. The van der Waals surface area contributed by atoms with Gasteiger partial charge in [0.1, 0.15) is 5.82 Å². The number of rotatable bonds is 6. The highest BCUT2D eigenvalue weighted by Crippen LogP contribution is 2.19. The zero-order chi connectivity index (χ0) is 12.0. The molecule has 0 amide bonds. The smallest absolute Gasteiger partial charge is 0.123 e. The van der Waals surface area contributed by atoms with Gasteiger partial charge in [-0.15, -0.1) is 0 Å². The number of nitrogens with one attached hydrogen (secondary N) is 1. The molecule has 90 valence electrons. The number of aryl methyl sites for hydroxylation is 1. The molecule has 0 bridgehead atoms. The zero-order valence-electron chi connectivity index (χ0n) is 10.2. The molecule has 0 spiro atoms. The molecule has 0 aliphatic heterocycles. The van der Waals surface area contributed by atoms with Crippen LogP contribution in [0, 0.1) is 12.7 Å². The Morgan fingerprint density at radius 3 is 2.69 bits per heavy atom. The summed E-state index contributed by atoms with van der Waals surface area (Å²) in [6.45, 7) is 5.50. The van der Waals surface area contributed by atoms with Crippen LogP contribution in [0.1, 0.15) is 30.5 Å². The lowest BCUT2D eigenvalue weighted by atomic mass is 10.0. The fourth-order valence-corrected chi connectivity index (χ4v) is 1.83. The predicted molar refractivity (Wildman–Crippen MR) is 64.0 cm³/mol. The van der Waals surface area contributed by atoms with Crippen LogP contribution in [0.5, 0.6) is 0 Å². The van der Waals surface area contributed by atoms with Crippen LogP contribution >= 0.6 is 0 Å². The molecule has 0 aliphatic carbocycles. The molecule has 3 heteroatoms. The fraction of sp³-hybridized carbons (Fsp3) is 0.538. The number of ether oxygens (including phenoxy) is 1. The molecule has 0 fully saturated rings. The van der Waals surface area contributed by atoms with Gasteiger partial charge in [-0.2, -0.15) is 0 Å². The summed E-state index contributed by atoms with van der Waals surface area (Å²) in [6, 6.07) is 5.32. The average molecular weight is 225 g/mol. The van der Waals surface area contributed by atoms with Crippen LogP contribution in [-0.4, -0.2) is 20.3 Å². The van der Waals surface area contributed by atoms with Gasteiger partial charge in [-0.3, -0.25) is 0 Å². The minimum atomic E-state index is -0.171. The van der Waals surface area contributed by atoms with Gasteiger partial charge in [0, 0.05) is 19.8 Å². The van der Waals surface area contributed by atoms with Crippen molar-refractivity contribution in [3.8, 4) is 0 Å². The van der Waals surface area contributed by atoms with Gasteiger partial charge in [-0.05, 0) is 43.1 Å². The van der Waals surface area contributed by atoms with Crippen LogP contribution < -0.4 is 5.32 Å². The van der Waals surface area contributed by atoms with Gasteiger partial charge < -0.3 is 10.1 Å². The Balaban J connectivity index is 2.82. The van der Waals surface area contributed by atoms with E-state index in [1.54, 1.807) is 19.2 Å². The van der Waals surface area contributed by atoms with Crippen LogP contribution in [-0.2, 0) is 4.74 Å². The minimum Gasteiger partial charge on any atom is -0.385 e. The average Bonchev–Trinajstić information content (AvgIpc) is 2.22.